The van der Waals surface area contributed by atoms with Crippen molar-refractivity contribution in [3.63, 3.8) is 0 Å². The molecule has 1 aliphatic rings. The molecule has 0 aromatic heterocycles. The summed E-state index contributed by atoms with van der Waals surface area (Å²) in [4.78, 5) is 2.39. The Morgan fingerprint density at radius 1 is 1.09 bits per heavy atom. The second kappa shape index (κ2) is 8.30. The minimum atomic E-state index is 0. The van der Waals surface area contributed by atoms with Crippen molar-refractivity contribution in [1.29, 1.82) is 0 Å². The molecular weight excluding hydrogens is 302 g/mol. The lowest BCUT2D eigenvalue weighted by atomic mass is 9.95. The third-order valence-corrected chi connectivity index (χ3v) is 4.10. The third-order valence-electron chi connectivity index (χ3n) is 4.10. The molecule has 124 valence electrons. The number of hydrogen-bond donors (Lipinski definition) is 0. The fraction of sp³-hybridized carbons (Fsp3) is 0.529. The fourth-order valence-electron chi connectivity index (χ4n) is 2.81. The van der Waals surface area contributed by atoms with Gasteiger partial charge in [0, 0.05) is 12.6 Å². The molecule has 0 fully saturated rings. The SMILES string of the molecule is COc1cc(CC2CC(C)=CCN2C)cc(OC)c1OC.Cl. The predicted molar refractivity (Wildman–Crippen MR) is 91.8 cm³/mol. The van der Waals surface area contributed by atoms with Gasteiger partial charge in [-0.2, -0.15) is 0 Å². The molecule has 2 rings (SSSR count). The average Bonchev–Trinajstić information content (AvgIpc) is 2.49. The standard InChI is InChI=1S/C17H25NO3.ClH/c1-12-6-7-18(2)14(8-12)9-13-10-15(19-3)17(21-5)16(11-13)20-4;/h6,10-11,14H,7-9H2,1-5H3;1H. The molecule has 0 bridgehead atoms. The number of hydrogen-bond acceptors (Lipinski definition) is 4. The molecule has 1 aromatic carbocycles. The summed E-state index contributed by atoms with van der Waals surface area (Å²) < 4.78 is 16.2. The van der Waals surface area contributed by atoms with E-state index < -0.39 is 0 Å². The maximum absolute atomic E-state index is 5.43. The first-order valence-electron chi connectivity index (χ1n) is 7.23. The normalized spacial score (nSPS) is 18.2. The van der Waals surface area contributed by atoms with Crippen LogP contribution in [0.15, 0.2) is 23.8 Å². The Hall–Kier alpha value is -1.39. The summed E-state index contributed by atoms with van der Waals surface area (Å²) in [5.74, 6) is 2.09. The maximum Gasteiger partial charge on any atom is 0.203 e. The molecule has 22 heavy (non-hydrogen) atoms. The van der Waals surface area contributed by atoms with E-state index in [0.29, 0.717) is 11.8 Å². The van der Waals surface area contributed by atoms with Crippen LogP contribution in [0.4, 0.5) is 0 Å². The van der Waals surface area contributed by atoms with Gasteiger partial charge in [-0.1, -0.05) is 11.6 Å². The summed E-state index contributed by atoms with van der Waals surface area (Å²) >= 11 is 0. The number of nitrogens with zero attached hydrogens (tertiary/aromatic N) is 1. The van der Waals surface area contributed by atoms with Crippen molar-refractivity contribution >= 4 is 12.4 Å². The molecule has 4 nitrogen and oxygen atoms in total. The van der Waals surface area contributed by atoms with Crippen LogP contribution < -0.4 is 14.2 Å². The van der Waals surface area contributed by atoms with Crippen LogP contribution in [-0.4, -0.2) is 45.9 Å². The second-order valence-corrected chi connectivity index (χ2v) is 5.59. The number of rotatable bonds is 5. The van der Waals surface area contributed by atoms with Crippen molar-refractivity contribution < 1.29 is 14.2 Å². The van der Waals surface area contributed by atoms with Crippen molar-refractivity contribution in [3.05, 3.63) is 29.3 Å². The summed E-state index contributed by atoms with van der Waals surface area (Å²) in [6, 6.07) is 4.60. The topological polar surface area (TPSA) is 30.9 Å². The van der Waals surface area contributed by atoms with Crippen LogP contribution in [-0.2, 0) is 6.42 Å². The number of benzene rings is 1. The van der Waals surface area contributed by atoms with Gasteiger partial charge in [-0.3, -0.25) is 4.90 Å². The van der Waals surface area contributed by atoms with E-state index in [1.165, 1.54) is 11.1 Å². The largest absolute Gasteiger partial charge is 0.493 e. The highest BCUT2D eigenvalue weighted by Crippen LogP contribution is 2.38. The average molecular weight is 328 g/mol. The first-order valence-corrected chi connectivity index (χ1v) is 7.23. The van der Waals surface area contributed by atoms with E-state index in [2.05, 4.69) is 24.9 Å². The van der Waals surface area contributed by atoms with Crippen molar-refractivity contribution in [3.8, 4) is 17.2 Å². The van der Waals surface area contributed by atoms with E-state index in [-0.39, 0.29) is 12.4 Å². The Kier molecular flexibility index (Phi) is 7.04. The van der Waals surface area contributed by atoms with Crippen LogP contribution in [0.25, 0.3) is 0 Å². The zero-order valence-corrected chi connectivity index (χ0v) is 14.8. The molecule has 1 unspecified atom stereocenters. The van der Waals surface area contributed by atoms with E-state index in [1.54, 1.807) is 21.3 Å². The number of halogens is 1. The van der Waals surface area contributed by atoms with Gasteiger partial charge in [-0.15, -0.1) is 12.4 Å². The van der Waals surface area contributed by atoms with Gasteiger partial charge in [0.15, 0.2) is 11.5 Å². The van der Waals surface area contributed by atoms with Crippen molar-refractivity contribution in [2.45, 2.75) is 25.8 Å². The van der Waals surface area contributed by atoms with Crippen molar-refractivity contribution in [2.75, 3.05) is 34.9 Å². The van der Waals surface area contributed by atoms with E-state index in [1.807, 2.05) is 12.1 Å². The lowest BCUT2D eigenvalue weighted by Gasteiger charge is -2.31. The summed E-state index contributed by atoms with van der Waals surface area (Å²) in [5.41, 5.74) is 2.67. The zero-order chi connectivity index (χ0) is 15.4. The van der Waals surface area contributed by atoms with Gasteiger partial charge >= 0.3 is 0 Å². The van der Waals surface area contributed by atoms with Crippen LogP contribution in [0.1, 0.15) is 18.9 Å². The lowest BCUT2D eigenvalue weighted by Crippen LogP contribution is -2.36. The molecule has 0 saturated carbocycles. The van der Waals surface area contributed by atoms with Gasteiger partial charge in [0.2, 0.25) is 5.75 Å². The quantitative estimate of drug-likeness (QED) is 0.776. The first kappa shape index (κ1) is 18.7. The summed E-state index contributed by atoms with van der Waals surface area (Å²) in [6.45, 7) is 3.22. The van der Waals surface area contributed by atoms with Crippen molar-refractivity contribution in [1.82, 2.24) is 4.90 Å². The van der Waals surface area contributed by atoms with Crippen LogP contribution in [0.2, 0.25) is 0 Å². The van der Waals surface area contributed by atoms with E-state index >= 15 is 0 Å². The van der Waals surface area contributed by atoms with Gasteiger partial charge in [0.05, 0.1) is 21.3 Å². The molecule has 1 aliphatic heterocycles. The van der Waals surface area contributed by atoms with E-state index in [9.17, 15) is 0 Å². The molecule has 0 amide bonds. The van der Waals surface area contributed by atoms with Gasteiger partial charge < -0.3 is 14.2 Å². The van der Waals surface area contributed by atoms with Gasteiger partial charge in [-0.25, -0.2) is 0 Å². The Balaban J connectivity index is 0.00000242. The maximum atomic E-state index is 5.43. The zero-order valence-electron chi connectivity index (χ0n) is 14.0. The number of ether oxygens (including phenoxy) is 3. The fourth-order valence-corrected chi connectivity index (χ4v) is 2.81. The Labute approximate surface area is 139 Å². The van der Waals surface area contributed by atoms with Crippen LogP contribution >= 0.6 is 12.4 Å². The summed E-state index contributed by atoms with van der Waals surface area (Å²) in [5, 5.41) is 0. The molecule has 0 aliphatic carbocycles. The third kappa shape index (κ3) is 4.08. The molecule has 1 heterocycles. The molecular formula is C17H26ClNO3. The highest BCUT2D eigenvalue weighted by molar-refractivity contribution is 5.85. The van der Waals surface area contributed by atoms with E-state index in [0.717, 1.165) is 30.9 Å². The highest BCUT2D eigenvalue weighted by atomic mass is 35.5. The van der Waals surface area contributed by atoms with Gasteiger partial charge in [0.1, 0.15) is 0 Å². The predicted octanol–water partition coefficient (Wildman–Crippen LogP) is 3.33. The Morgan fingerprint density at radius 3 is 2.18 bits per heavy atom. The highest BCUT2D eigenvalue weighted by Gasteiger charge is 2.21. The molecule has 0 spiro atoms. The minimum absolute atomic E-state index is 0. The minimum Gasteiger partial charge on any atom is -0.493 e. The van der Waals surface area contributed by atoms with Crippen LogP contribution in [0, 0.1) is 0 Å². The second-order valence-electron chi connectivity index (χ2n) is 5.59. The van der Waals surface area contributed by atoms with Gasteiger partial charge in [-0.05, 0) is 44.5 Å². The lowest BCUT2D eigenvalue weighted by molar-refractivity contribution is 0.248. The molecule has 0 radical (unpaired) electrons. The number of likely N-dealkylation sites (N-methyl/N-ethyl adjacent to an activating group) is 1. The van der Waals surface area contributed by atoms with Gasteiger partial charge in [0.25, 0.3) is 0 Å². The molecule has 0 N–H and O–H groups in total. The van der Waals surface area contributed by atoms with Crippen LogP contribution in [0.5, 0.6) is 17.2 Å². The number of methoxy groups -OCH3 is 3. The monoisotopic (exact) mass is 327 g/mol. The summed E-state index contributed by atoms with van der Waals surface area (Å²) in [6.07, 6.45) is 4.37. The molecule has 1 aromatic rings. The Morgan fingerprint density at radius 2 is 1.68 bits per heavy atom. The smallest absolute Gasteiger partial charge is 0.203 e. The molecule has 5 heteroatoms. The first-order chi connectivity index (χ1) is 10.1. The van der Waals surface area contributed by atoms with E-state index in [4.69, 9.17) is 14.2 Å². The molecule has 1 atom stereocenters. The van der Waals surface area contributed by atoms with Crippen molar-refractivity contribution in [2.24, 2.45) is 0 Å². The summed E-state index contributed by atoms with van der Waals surface area (Å²) in [7, 11) is 7.11. The Bertz CT molecular complexity index is 506. The molecule has 0 saturated heterocycles. The van der Waals surface area contributed by atoms with Crippen LogP contribution in [0.3, 0.4) is 0 Å².